The standard InChI is InChI=1S/C14H14F3N3O/c15-14(16,17)10-4-1-3-9(7-10)8-12-18-19-13-11(21)5-2-6-20(12)13/h1,3-4,7,11,21H,2,5-6,8H2. The van der Waals surface area contributed by atoms with Gasteiger partial charge in [0.15, 0.2) is 5.82 Å². The van der Waals surface area contributed by atoms with Gasteiger partial charge in [0.2, 0.25) is 0 Å². The van der Waals surface area contributed by atoms with Crippen LogP contribution >= 0.6 is 0 Å². The van der Waals surface area contributed by atoms with Crippen molar-refractivity contribution in [2.24, 2.45) is 0 Å². The number of aliphatic hydroxyl groups is 1. The molecule has 2 aromatic rings. The highest BCUT2D eigenvalue weighted by atomic mass is 19.4. The Morgan fingerprint density at radius 2 is 2.10 bits per heavy atom. The van der Waals surface area contributed by atoms with Crippen molar-refractivity contribution in [2.75, 3.05) is 0 Å². The number of rotatable bonds is 2. The number of aliphatic hydroxyl groups excluding tert-OH is 1. The van der Waals surface area contributed by atoms with Crippen molar-refractivity contribution in [1.82, 2.24) is 14.8 Å². The number of hydrogen-bond donors (Lipinski definition) is 1. The Balaban J connectivity index is 1.88. The molecule has 1 atom stereocenters. The lowest BCUT2D eigenvalue weighted by Crippen LogP contribution is -2.17. The van der Waals surface area contributed by atoms with Crippen molar-refractivity contribution in [1.29, 1.82) is 0 Å². The average molecular weight is 297 g/mol. The molecule has 1 aliphatic rings. The number of fused-ring (bicyclic) bond motifs is 1. The topological polar surface area (TPSA) is 50.9 Å². The fourth-order valence-electron chi connectivity index (χ4n) is 2.58. The lowest BCUT2D eigenvalue weighted by atomic mass is 10.1. The first-order valence-corrected chi connectivity index (χ1v) is 6.71. The third-order valence-corrected chi connectivity index (χ3v) is 3.63. The summed E-state index contributed by atoms with van der Waals surface area (Å²) in [5, 5.41) is 17.8. The minimum absolute atomic E-state index is 0.267. The Bertz CT molecular complexity index is 651. The molecule has 3 rings (SSSR count). The van der Waals surface area contributed by atoms with E-state index in [-0.39, 0.29) is 6.42 Å². The van der Waals surface area contributed by atoms with E-state index in [9.17, 15) is 18.3 Å². The van der Waals surface area contributed by atoms with E-state index in [0.29, 0.717) is 30.2 Å². The van der Waals surface area contributed by atoms with E-state index >= 15 is 0 Å². The molecular weight excluding hydrogens is 283 g/mol. The van der Waals surface area contributed by atoms with E-state index in [2.05, 4.69) is 10.2 Å². The Morgan fingerprint density at radius 1 is 1.29 bits per heavy atom. The second-order valence-electron chi connectivity index (χ2n) is 5.16. The summed E-state index contributed by atoms with van der Waals surface area (Å²) in [5.41, 5.74) is -0.140. The second kappa shape index (κ2) is 5.14. The molecule has 4 nitrogen and oxygen atoms in total. The van der Waals surface area contributed by atoms with Gasteiger partial charge in [-0.3, -0.25) is 0 Å². The number of benzene rings is 1. The van der Waals surface area contributed by atoms with Crippen LogP contribution in [0.2, 0.25) is 0 Å². The molecule has 1 aliphatic heterocycles. The minimum atomic E-state index is -4.35. The van der Waals surface area contributed by atoms with Gasteiger partial charge in [-0.05, 0) is 24.5 Å². The molecule has 1 aromatic carbocycles. The maximum Gasteiger partial charge on any atom is 0.416 e. The largest absolute Gasteiger partial charge is 0.416 e. The smallest absolute Gasteiger partial charge is 0.385 e. The maximum atomic E-state index is 12.7. The molecule has 0 radical (unpaired) electrons. The van der Waals surface area contributed by atoms with E-state index in [0.717, 1.165) is 18.6 Å². The van der Waals surface area contributed by atoms with Crippen LogP contribution in [-0.2, 0) is 19.1 Å². The predicted molar refractivity (Wildman–Crippen MR) is 68.5 cm³/mol. The van der Waals surface area contributed by atoms with Crippen LogP contribution in [0, 0.1) is 0 Å². The molecule has 0 aliphatic carbocycles. The first kappa shape index (κ1) is 14.1. The van der Waals surface area contributed by atoms with Crippen LogP contribution in [0.3, 0.4) is 0 Å². The van der Waals surface area contributed by atoms with E-state index in [1.54, 1.807) is 10.6 Å². The summed E-state index contributed by atoms with van der Waals surface area (Å²) in [7, 11) is 0. The van der Waals surface area contributed by atoms with Gasteiger partial charge in [0.05, 0.1) is 5.56 Å². The molecule has 0 saturated heterocycles. The van der Waals surface area contributed by atoms with E-state index in [1.807, 2.05) is 0 Å². The van der Waals surface area contributed by atoms with Crippen LogP contribution < -0.4 is 0 Å². The zero-order valence-corrected chi connectivity index (χ0v) is 11.1. The van der Waals surface area contributed by atoms with Gasteiger partial charge >= 0.3 is 6.18 Å². The molecule has 0 amide bonds. The third-order valence-electron chi connectivity index (χ3n) is 3.63. The van der Waals surface area contributed by atoms with Crippen LogP contribution in [0.15, 0.2) is 24.3 Å². The van der Waals surface area contributed by atoms with Crippen molar-refractivity contribution in [3.63, 3.8) is 0 Å². The van der Waals surface area contributed by atoms with Crippen LogP contribution in [0.1, 0.15) is 41.7 Å². The van der Waals surface area contributed by atoms with Crippen LogP contribution in [0.5, 0.6) is 0 Å². The van der Waals surface area contributed by atoms with Crippen molar-refractivity contribution in [2.45, 2.75) is 38.1 Å². The molecular formula is C14H14F3N3O. The molecule has 1 N–H and O–H groups in total. The van der Waals surface area contributed by atoms with Gasteiger partial charge in [-0.2, -0.15) is 13.2 Å². The number of nitrogens with zero attached hydrogens (tertiary/aromatic N) is 3. The summed E-state index contributed by atoms with van der Waals surface area (Å²) in [5.74, 6) is 1.09. The molecule has 7 heteroatoms. The Kier molecular flexibility index (Phi) is 3.44. The molecule has 21 heavy (non-hydrogen) atoms. The zero-order valence-electron chi connectivity index (χ0n) is 11.1. The van der Waals surface area contributed by atoms with Crippen molar-refractivity contribution < 1.29 is 18.3 Å². The Morgan fingerprint density at radius 3 is 2.86 bits per heavy atom. The van der Waals surface area contributed by atoms with Gasteiger partial charge in [-0.1, -0.05) is 18.2 Å². The van der Waals surface area contributed by atoms with Crippen LogP contribution in [-0.4, -0.2) is 19.9 Å². The molecule has 112 valence electrons. The fourth-order valence-corrected chi connectivity index (χ4v) is 2.58. The molecule has 0 bridgehead atoms. The maximum absolute atomic E-state index is 12.7. The highest BCUT2D eigenvalue weighted by molar-refractivity contribution is 5.28. The third kappa shape index (κ3) is 2.78. The summed E-state index contributed by atoms with van der Waals surface area (Å²) in [6, 6.07) is 5.20. The lowest BCUT2D eigenvalue weighted by molar-refractivity contribution is -0.137. The van der Waals surface area contributed by atoms with Crippen molar-refractivity contribution in [3.05, 3.63) is 47.0 Å². The van der Waals surface area contributed by atoms with Gasteiger partial charge < -0.3 is 9.67 Å². The lowest BCUT2D eigenvalue weighted by Gasteiger charge is -2.19. The highest BCUT2D eigenvalue weighted by Crippen LogP contribution is 2.30. The van der Waals surface area contributed by atoms with Crippen LogP contribution in [0.25, 0.3) is 0 Å². The summed E-state index contributed by atoms with van der Waals surface area (Å²) < 4.78 is 39.9. The fraction of sp³-hybridized carbons (Fsp3) is 0.429. The zero-order chi connectivity index (χ0) is 15.0. The van der Waals surface area contributed by atoms with Crippen LogP contribution in [0.4, 0.5) is 13.2 Å². The van der Waals surface area contributed by atoms with E-state index < -0.39 is 17.8 Å². The van der Waals surface area contributed by atoms with E-state index in [4.69, 9.17) is 0 Å². The van der Waals surface area contributed by atoms with Gasteiger partial charge in [0.25, 0.3) is 0 Å². The SMILES string of the molecule is OC1CCCn2c(Cc3cccc(C(F)(F)F)c3)nnc21. The van der Waals surface area contributed by atoms with Gasteiger partial charge in [-0.15, -0.1) is 10.2 Å². The molecule has 1 unspecified atom stereocenters. The predicted octanol–water partition coefficient (Wildman–Crippen LogP) is 2.71. The van der Waals surface area contributed by atoms with Crippen molar-refractivity contribution in [3.8, 4) is 0 Å². The normalized spacial score (nSPS) is 18.6. The monoisotopic (exact) mass is 297 g/mol. The van der Waals surface area contributed by atoms with E-state index in [1.165, 1.54) is 6.07 Å². The Labute approximate surface area is 119 Å². The quantitative estimate of drug-likeness (QED) is 0.927. The average Bonchev–Trinajstić information content (AvgIpc) is 2.83. The second-order valence-corrected chi connectivity index (χ2v) is 5.16. The molecule has 0 spiro atoms. The Hall–Kier alpha value is -1.89. The number of hydrogen-bond acceptors (Lipinski definition) is 3. The molecule has 2 heterocycles. The molecule has 1 aromatic heterocycles. The first-order valence-electron chi connectivity index (χ1n) is 6.71. The van der Waals surface area contributed by atoms with Crippen molar-refractivity contribution >= 4 is 0 Å². The summed E-state index contributed by atoms with van der Waals surface area (Å²) in [6.45, 7) is 0.688. The summed E-state index contributed by atoms with van der Waals surface area (Å²) >= 11 is 0. The molecule has 0 fully saturated rings. The molecule has 0 saturated carbocycles. The number of aromatic nitrogens is 3. The number of alkyl halides is 3. The first-order chi connectivity index (χ1) is 9.95. The minimum Gasteiger partial charge on any atom is -0.385 e. The van der Waals surface area contributed by atoms with Gasteiger partial charge in [0.1, 0.15) is 11.9 Å². The summed E-state index contributed by atoms with van der Waals surface area (Å²) in [4.78, 5) is 0. The van der Waals surface area contributed by atoms with Gasteiger partial charge in [0, 0.05) is 13.0 Å². The number of halogens is 3. The highest BCUT2D eigenvalue weighted by Gasteiger charge is 2.30. The van der Waals surface area contributed by atoms with Gasteiger partial charge in [-0.25, -0.2) is 0 Å². The summed E-state index contributed by atoms with van der Waals surface area (Å²) in [6.07, 6.45) is -3.27.